The Labute approximate surface area is 152 Å². The number of benzene rings is 2. The second-order valence-corrected chi connectivity index (χ2v) is 7.38. The number of carbonyl (C=O) groups excluding carboxylic acids is 1. The van der Waals surface area contributed by atoms with Crippen LogP contribution in [0.2, 0.25) is 0 Å². The summed E-state index contributed by atoms with van der Waals surface area (Å²) in [5.74, 6) is -1.01. The molecule has 138 valence electrons. The van der Waals surface area contributed by atoms with Gasteiger partial charge in [-0.3, -0.25) is 0 Å². The lowest BCUT2D eigenvalue weighted by Crippen LogP contribution is -2.28. The fourth-order valence-electron chi connectivity index (χ4n) is 2.19. The minimum absolute atomic E-state index is 0.167. The van der Waals surface area contributed by atoms with E-state index in [1.807, 2.05) is 13.0 Å². The third-order valence-electron chi connectivity index (χ3n) is 3.58. The lowest BCUT2D eigenvalue weighted by atomic mass is 10.1. The van der Waals surface area contributed by atoms with Gasteiger partial charge in [-0.05, 0) is 50.1 Å². The predicted octanol–water partition coefficient (Wildman–Crippen LogP) is 1.13. The predicted molar refractivity (Wildman–Crippen MR) is 95.4 cm³/mol. The van der Waals surface area contributed by atoms with Crippen LogP contribution in [-0.2, 0) is 14.8 Å². The van der Waals surface area contributed by atoms with E-state index in [0.29, 0.717) is 22.6 Å². The zero-order valence-corrected chi connectivity index (χ0v) is 15.5. The van der Waals surface area contributed by atoms with Gasteiger partial charge in [-0.1, -0.05) is 24.3 Å². The highest BCUT2D eigenvalue weighted by atomic mass is 32.2. The summed E-state index contributed by atoms with van der Waals surface area (Å²) < 4.78 is 30.0. The van der Waals surface area contributed by atoms with E-state index in [4.69, 9.17) is 4.74 Å². The number of nitrogens with one attached hydrogen (secondary N) is 1. The molecule has 0 saturated carbocycles. The Balaban J connectivity index is 2.20. The quantitative estimate of drug-likeness (QED) is 0.577. The minimum atomic E-state index is -3.80. The Bertz CT molecular complexity index is 952. The van der Waals surface area contributed by atoms with Crippen molar-refractivity contribution in [2.45, 2.75) is 25.7 Å². The molecular weight excluding hydrogens is 356 g/mol. The van der Waals surface area contributed by atoms with Crippen molar-refractivity contribution in [3.8, 4) is 5.75 Å². The summed E-state index contributed by atoms with van der Waals surface area (Å²) in [6.45, 7) is 4.58. The van der Waals surface area contributed by atoms with Crippen LogP contribution in [0.15, 0.2) is 52.5 Å². The summed E-state index contributed by atoms with van der Waals surface area (Å²) in [4.78, 5) is 12.8. The summed E-state index contributed by atoms with van der Waals surface area (Å²) in [5, 5.41) is 14.4. The van der Waals surface area contributed by atoms with Gasteiger partial charge in [0.05, 0.1) is 16.6 Å². The molecule has 0 radical (unpaired) electrons. The lowest BCUT2D eigenvalue weighted by molar-refractivity contribution is -0.307. The molecule has 0 fully saturated rings. The van der Waals surface area contributed by atoms with Gasteiger partial charge in [0, 0.05) is 5.56 Å². The monoisotopic (exact) mass is 375 g/mol. The van der Waals surface area contributed by atoms with Crippen LogP contribution < -0.4 is 14.7 Å². The number of carbonyl (C=O) groups is 1. The first-order valence-corrected chi connectivity index (χ1v) is 9.24. The summed E-state index contributed by atoms with van der Waals surface area (Å²) in [6.07, 6.45) is 0. The summed E-state index contributed by atoms with van der Waals surface area (Å²) >= 11 is 0. The maximum absolute atomic E-state index is 12.5. The Morgan fingerprint density at radius 1 is 1.19 bits per heavy atom. The van der Waals surface area contributed by atoms with Gasteiger partial charge in [-0.2, -0.15) is 18.4 Å². The molecule has 0 saturated heterocycles. The van der Waals surface area contributed by atoms with Crippen LogP contribution in [0.5, 0.6) is 5.75 Å². The number of hydrogen-bond donors (Lipinski definition) is 1. The van der Waals surface area contributed by atoms with Crippen LogP contribution >= 0.6 is 0 Å². The van der Waals surface area contributed by atoms with Crippen LogP contribution in [0.3, 0.4) is 0 Å². The molecule has 2 rings (SSSR count). The van der Waals surface area contributed by atoms with Gasteiger partial charge in [0.2, 0.25) is 0 Å². The van der Waals surface area contributed by atoms with E-state index in [9.17, 15) is 18.3 Å². The lowest BCUT2D eigenvalue weighted by Gasteiger charge is -2.10. The number of ether oxygens (including phenoxy) is 1. The molecule has 26 heavy (non-hydrogen) atoms. The molecular formula is C18H19N2O5S-. The molecule has 0 unspecified atom stereocenters. The Morgan fingerprint density at radius 3 is 2.62 bits per heavy atom. The van der Waals surface area contributed by atoms with E-state index in [1.165, 1.54) is 0 Å². The number of hydrazone groups is 1. The highest BCUT2D eigenvalue weighted by Crippen LogP contribution is 2.17. The number of sulfonamides is 1. The van der Waals surface area contributed by atoms with Gasteiger partial charge >= 0.3 is 0 Å². The molecule has 0 bridgehead atoms. The first-order valence-electron chi connectivity index (χ1n) is 7.75. The van der Waals surface area contributed by atoms with Crippen LogP contribution in [0.25, 0.3) is 0 Å². The van der Waals surface area contributed by atoms with E-state index in [-0.39, 0.29) is 4.90 Å². The van der Waals surface area contributed by atoms with Crippen molar-refractivity contribution in [3.05, 3.63) is 59.2 Å². The van der Waals surface area contributed by atoms with Crippen molar-refractivity contribution in [1.29, 1.82) is 0 Å². The van der Waals surface area contributed by atoms with Crippen molar-refractivity contribution < 1.29 is 23.1 Å². The second kappa shape index (κ2) is 8.01. The average molecular weight is 375 g/mol. The molecule has 0 aliphatic carbocycles. The normalized spacial score (nSPS) is 11.9. The molecule has 0 aromatic heterocycles. The van der Waals surface area contributed by atoms with Crippen molar-refractivity contribution in [1.82, 2.24) is 4.83 Å². The molecule has 0 amide bonds. The molecule has 8 heteroatoms. The number of hydrogen-bond acceptors (Lipinski definition) is 6. The van der Waals surface area contributed by atoms with Crippen molar-refractivity contribution >= 4 is 21.7 Å². The molecule has 0 aliphatic heterocycles. The van der Waals surface area contributed by atoms with Crippen molar-refractivity contribution in [2.75, 3.05) is 6.61 Å². The summed E-state index contributed by atoms with van der Waals surface area (Å²) in [5.41, 5.74) is 2.44. The van der Waals surface area contributed by atoms with Crippen molar-refractivity contribution in [2.24, 2.45) is 5.10 Å². The van der Waals surface area contributed by atoms with E-state index in [0.717, 1.165) is 5.56 Å². The molecule has 0 heterocycles. The smallest absolute Gasteiger partial charge is 0.276 e. The van der Waals surface area contributed by atoms with Gasteiger partial charge < -0.3 is 14.6 Å². The van der Waals surface area contributed by atoms with E-state index in [1.54, 1.807) is 50.2 Å². The molecule has 2 aromatic rings. The van der Waals surface area contributed by atoms with Gasteiger partial charge in [-0.25, -0.2) is 0 Å². The van der Waals surface area contributed by atoms with Crippen LogP contribution in [0, 0.1) is 13.8 Å². The number of nitrogens with zero attached hydrogens (tertiary/aromatic N) is 1. The third-order valence-corrected chi connectivity index (χ3v) is 4.93. The Kier molecular flexibility index (Phi) is 5.99. The van der Waals surface area contributed by atoms with Gasteiger partial charge in [-0.15, -0.1) is 0 Å². The van der Waals surface area contributed by atoms with Gasteiger partial charge in [0.25, 0.3) is 10.0 Å². The van der Waals surface area contributed by atoms with Gasteiger partial charge in [0.15, 0.2) is 0 Å². The number of carboxylic acid groups (broad SMARTS) is 1. The fraction of sp³-hybridized carbons (Fsp3) is 0.222. The highest BCUT2D eigenvalue weighted by Gasteiger charge is 2.16. The zero-order valence-electron chi connectivity index (χ0n) is 14.6. The maximum atomic E-state index is 12.5. The molecule has 0 spiro atoms. The van der Waals surface area contributed by atoms with Crippen LogP contribution in [-0.4, -0.2) is 26.7 Å². The third kappa shape index (κ3) is 5.06. The minimum Gasteiger partial charge on any atom is -0.546 e. The van der Waals surface area contributed by atoms with E-state index >= 15 is 0 Å². The van der Waals surface area contributed by atoms with E-state index in [2.05, 4.69) is 9.93 Å². The van der Waals surface area contributed by atoms with Crippen LogP contribution in [0.4, 0.5) is 0 Å². The number of aliphatic carboxylic acids is 1. The first-order chi connectivity index (χ1) is 12.2. The number of aryl methyl sites for hydroxylation is 2. The van der Waals surface area contributed by atoms with E-state index < -0.39 is 22.6 Å². The number of rotatable bonds is 7. The van der Waals surface area contributed by atoms with Gasteiger partial charge in [0.1, 0.15) is 12.4 Å². The second-order valence-electron chi connectivity index (χ2n) is 5.75. The molecule has 1 N–H and O–H groups in total. The Hall–Kier alpha value is -2.87. The molecule has 0 atom stereocenters. The van der Waals surface area contributed by atoms with Crippen LogP contribution in [0.1, 0.15) is 23.6 Å². The fourth-order valence-corrected chi connectivity index (χ4v) is 3.38. The SMILES string of the molecule is C/C(=N/NS(=O)(=O)c1cc(C)ccc1C)c1cccc(OCC(=O)[O-])c1. The molecule has 7 nitrogen and oxygen atoms in total. The van der Waals surface area contributed by atoms with Crippen molar-refractivity contribution in [3.63, 3.8) is 0 Å². The topological polar surface area (TPSA) is 108 Å². The largest absolute Gasteiger partial charge is 0.546 e. The molecule has 0 aliphatic rings. The zero-order chi connectivity index (χ0) is 19.3. The highest BCUT2D eigenvalue weighted by molar-refractivity contribution is 7.89. The number of carboxylic acids is 1. The Morgan fingerprint density at radius 2 is 1.92 bits per heavy atom. The first kappa shape index (κ1) is 19.5. The summed E-state index contributed by atoms with van der Waals surface area (Å²) in [7, 11) is -3.80. The maximum Gasteiger partial charge on any atom is 0.276 e. The molecule has 2 aromatic carbocycles. The standard InChI is InChI=1S/C18H20N2O5S/c1-12-7-8-13(2)17(9-12)26(23,24)20-19-14(3)15-5-4-6-16(10-15)25-11-18(21)22/h4-10,20H,11H2,1-3H3,(H,21,22)/p-1/b19-14-. The summed E-state index contributed by atoms with van der Waals surface area (Å²) in [6, 6.07) is 11.7. The average Bonchev–Trinajstić information content (AvgIpc) is 2.60.